The van der Waals surface area contributed by atoms with Crippen LogP contribution in [-0.4, -0.2) is 24.2 Å². The molecule has 0 saturated heterocycles. The van der Waals surface area contributed by atoms with Gasteiger partial charge in [0.2, 0.25) is 0 Å². The quantitative estimate of drug-likeness (QED) is 0.814. The molecule has 2 rings (SSSR count). The summed E-state index contributed by atoms with van der Waals surface area (Å²) in [6.07, 6.45) is 3.49. The van der Waals surface area contributed by atoms with Crippen LogP contribution in [0.15, 0.2) is 18.2 Å². The maximum atomic E-state index is 13.2. The van der Waals surface area contributed by atoms with Gasteiger partial charge in [0, 0.05) is 12.1 Å². The molecule has 0 aromatic heterocycles. The van der Waals surface area contributed by atoms with Gasteiger partial charge >= 0.3 is 0 Å². The number of nitrogens with one attached hydrogen (secondary N) is 1. The summed E-state index contributed by atoms with van der Waals surface area (Å²) in [4.78, 5) is 12.0. The van der Waals surface area contributed by atoms with E-state index in [1.54, 1.807) is 0 Å². The predicted molar refractivity (Wildman–Crippen MR) is 70.0 cm³/mol. The van der Waals surface area contributed by atoms with Crippen molar-refractivity contribution in [1.29, 1.82) is 0 Å². The molecule has 1 amide bonds. The highest BCUT2D eigenvalue weighted by Gasteiger charge is 2.19. The number of rotatable bonds is 3. The van der Waals surface area contributed by atoms with Gasteiger partial charge in [0.15, 0.2) is 0 Å². The van der Waals surface area contributed by atoms with Crippen molar-refractivity contribution in [2.24, 2.45) is 5.92 Å². The van der Waals surface area contributed by atoms with E-state index in [1.165, 1.54) is 24.6 Å². The molecule has 1 fully saturated rings. The molecule has 0 bridgehead atoms. The minimum atomic E-state index is -0.469. The average Bonchev–Trinajstić information content (AvgIpc) is 2.35. The Balaban J connectivity index is 2.11. The molecular formula is C15H16FNO2. The third-order valence-corrected chi connectivity index (χ3v) is 3.30. The van der Waals surface area contributed by atoms with Crippen molar-refractivity contribution < 1.29 is 14.3 Å². The van der Waals surface area contributed by atoms with Gasteiger partial charge in [-0.15, -0.1) is 0 Å². The monoisotopic (exact) mass is 261 g/mol. The molecule has 2 N–H and O–H groups in total. The molecule has 0 heterocycles. The number of carbonyl (C=O) groups excluding carboxylic acids is 1. The first-order valence-electron chi connectivity index (χ1n) is 6.38. The zero-order valence-electron chi connectivity index (χ0n) is 10.6. The highest BCUT2D eigenvalue weighted by atomic mass is 19.1. The molecule has 0 spiro atoms. The van der Waals surface area contributed by atoms with Gasteiger partial charge < -0.3 is 10.4 Å². The number of benzene rings is 1. The van der Waals surface area contributed by atoms with E-state index in [4.69, 9.17) is 5.11 Å². The van der Waals surface area contributed by atoms with Gasteiger partial charge in [-0.2, -0.15) is 0 Å². The molecule has 3 nitrogen and oxygen atoms in total. The van der Waals surface area contributed by atoms with Crippen LogP contribution < -0.4 is 5.32 Å². The van der Waals surface area contributed by atoms with Gasteiger partial charge in [-0.25, -0.2) is 4.39 Å². The number of hydrogen-bond acceptors (Lipinski definition) is 2. The van der Waals surface area contributed by atoms with E-state index in [2.05, 4.69) is 17.2 Å². The van der Waals surface area contributed by atoms with E-state index in [9.17, 15) is 9.18 Å². The number of hydrogen-bond donors (Lipinski definition) is 2. The van der Waals surface area contributed by atoms with Crippen molar-refractivity contribution in [2.45, 2.75) is 19.3 Å². The third kappa shape index (κ3) is 3.55. The molecule has 1 aliphatic carbocycles. The van der Waals surface area contributed by atoms with E-state index < -0.39 is 5.82 Å². The SMILES string of the molecule is O=C(NCC1CCC1)c1cc(F)ccc1C#CCO. The molecule has 0 radical (unpaired) electrons. The summed E-state index contributed by atoms with van der Waals surface area (Å²) in [6.45, 7) is 0.336. The number of aliphatic hydroxyl groups excluding tert-OH is 1. The third-order valence-electron chi connectivity index (χ3n) is 3.30. The standard InChI is InChI=1S/C15H16FNO2/c16-13-7-6-12(5-2-8-18)14(9-13)15(19)17-10-11-3-1-4-11/h6-7,9,11,18H,1,3-4,8,10H2,(H,17,19). The van der Waals surface area contributed by atoms with Crippen molar-refractivity contribution in [3.63, 3.8) is 0 Å². The lowest BCUT2D eigenvalue weighted by atomic mass is 9.85. The fourth-order valence-corrected chi connectivity index (χ4v) is 1.98. The van der Waals surface area contributed by atoms with E-state index in [0.717, 1.165) is 12.8 Å². The van der Waals surface area contributed by atoms with Crippen molar-refractivity contribution >= 4 is 5.91 Å². The van der Waals surface area contributed by atoms with E-state index >= 15 is 0 Å². The van der Waals surface area contributed by atoms with E-state index in [-0.39, 0.29) is 18.1 Å². The second-order valence-electron chi connectivity index (χ2n) is 4.66. The summed E-state index contributed by atoms with van der Waals surface area (Å²) >= 11 is 0. The van der Waals surface area contributed by atoms with Crippen molar-refractivity contribution in [2.75, 3.05) is 13.2 Å². The molecule has 100 valence electrons. The number of halogens is 1. The smallest absolute Gasteiger partial charge is 0.252 e. The van der Waals surface area contributed by atoms with Gasteiger partial charge in [0.25, 0.3) is 5.91 Å². The lowest BCUT2D eigenvalue weighted by Gasteiger charge is -2.25. The molecule has 0 unspecified atom stereocenters. The number of amides is 1. The Kier molecular flexibility index (Phi) is 4.53. The Bertz CT molecular complexity index is 527. The fourth-order valence-electron chi connectivity index (χ4n) is 1.98. The van der Waals surface area contributed by atoms with Crippen LogP contribution in [0.2, 0.25) is 0 Å². The fraction of sp³-hybridized carbons (Fsp3) is 0.400. The molecule has 19 heavy (non-hydrogen) atoms. The van der Waals surface area contributed by atoms with Gasteiger partial charge in [-0.3, -0.25) is 4.79 Å². The van der Waals surface area contributed by atoms with Crippen LogP contribution in [0.3, 0.4) is 0 Å². The van der Waals surface area contributed by atoms with Gasteiger partial charge in [0.1, 0.15) is 12.4 Å². The normalized spacial score (nSPS) is 14.2. The van der Waals surface area contributed by atoms with Crippen molar-refractivity contribution in [1.82, 2.24) is 5.32 Å². The number of carbonyl (C=O) groups is 1. The van der Waals surface area contributed by atoms with Crippen LogP contribution in [0.5, 0.6) is 0 Å². The van der Waals surface area contributed by atoms with Crippen molar-refractivity contribution in [3.8, 4) is 11.8 Å². The topological polar surface area (TPSA) is 49.3 Å². The molecule has 0 aliphatic heterocycles. The summed E-state index contributed by atoms with van der Waals surface area (Å²) in [5, 5.41) is 11.5. The molecule has 1 saturated carbocycles. The van der Waals surface area contributed by atoms with Crippen LogP contribution in [-0.2, 0) is 0 Å². The summed E-state index contributed by atoms with van der Waals surface area (Å²) in [7, 11) is 0. The first-order valence-corrected chi connectivity index (χ1v) is 6.38. The predicted octanol–water partition coefficient (Wildman–Crippen LogP) is 1.70. The Morgan fingerprint density at radius 1 is 1.47 bits per heavy atom. The van der Waals surface area contributed by atoms with E-state index in [0.29, 0.717) is 18.0 Å². The van der Waals surface area contributed by atoms with Crippen LogP contribution in [0.4, 0.5) is 4.39 Å². The number of aliphatic hydroxyl groups is 1. The highest BCUT2D eigenvalue weighted by Crippen LogP contribution is 2.25. The highest BCUT2D eigenvalue weighted by molar-refractivity contribution is 5.96. The lowest BCUT2D eigenvalue weighted by molar-refractivity contribution is 0.0938. The van der Waals surface area contributed by atoms with Gasteiger partial charge in [0.05, 0.1) is 5.56 Å². The lowest BCUT2D eigenvalue weighted by Crippen LogP contribution is -2.32. The zero-order valence-corrected chi connectivity index (χ0v) is 10.6. The summed E-state index contributed by atoms with van der Waals surface area (Å²) < 4.78 is 13.2. The zero-order chi connectivity index (χ0) is 13.7. The van der Waals surface area contributed by atoms with Crippen LogP contribution >= 0.6 is 0 Å². The second-order valence-corrected chi connectivity index (χ2v) is 4.66. The van der Waals surface area contributed by atoms with Crippen LogP contribution in [0, 0.1) is 23.6 Å². The first-order chi connectivity index (χ1) is 9.20. The average molecular weight is 261 g/mol. The minimum absolute atomic E-state index is 0.222. The maximum Gasteiger partial charge on any atom is 0.252 e. The Morgan fingerprint density at radius 3 is 2.89 bits per heavy atom. The summed E-state index contributed by atoms with van der Waals surface area (Å²) in [5.74, 6) is 4.89. The molecule has 4 heteroatoms. The van der Waals surface area contributed by atoms with Crippen LogP contribution in [0.1, 0.15) is 35.2 Å². The Labute approximate surface area is 111 Å². The Hall–Kier alpha value is -1.86. The first kappa shape index (κ1) is 13.6. The second kappa shape index (κ2) is 6.35. The van der Waals surface area contributed by atoms with E-state index in [1.807, 2.05) is 0 Å². The van der Waals surface area contributed by atoms with Crippen molar-refractivity contribution in [3.05, 3.63) is 35.1 Å². The molecule has 1 aliphatic rings. The minimum Gasteiger partial charge on any atom is -0.384 e. The molecule has 1 aromatic carbocycles. The molecular weight excluding hydrogens is 245 g/mol. The maximum absolute atomic E-state index is 13.2. The Morgan fingerprint density at radius 2 is 2.26 bits per heavy atom. The van der Waals surface area contributed by atoms with Crippen LogP contribution in [0.25, 0.3) is 0 Å². The summed E-state index contributed by atoms with van der Waals surface area (Å²) in [6, 6.07) is 3.89. The van der Waals surface area contributed by atoms with Gasteiger partial charge in [-0.1, -0.05) is 18.3 Å². The molecule has 0 atom stereocenters. The summed E-state index contributed by atoms with van der Waals surface area (Å²) in [5.41, 5.74) is 0.654. The van der Waals surface area contributed by atoms with Gasteiger partial charge in [-0.05, 0) is 37.0 Å². The largest absolute Gasteiger partial charge is 0.384 e. The molecule has 1 aromatic rings.